The molecule has 0 aliphatic heterocycles. The van der Waals surface area contributed by atoms with Gasteiger partial charge in [0, 0.05) is 17.8 Å². The Hall–Kier alpha value is -1.16. The molecule has 104 valence electrons. The second-order valence-corrected chi connectivity index (χ2v) is 7.06. The van der Waals surface area contributed by atoms with Gasteiger partial charge >= 0.3 is 0 Å². The summed E-state index contributed by atoms with van der Waals surface area (Å²) in [6.07, 6.45) is 0. The number of aromatic nitrogens is 1. The standard InChI is InChI=1S/C15H23N3S/c1-9-6-10(13(16)19)7-12(18-9)17-8-11-14(2,3)15(11,4)5/h6-7,11H,8H2,1-5H3,(H2,16,19)(H,17,18). The summed E-state index contributed by atoms with van der Waals surface area (Å²) in [7, 11) is 0. The minimum Gasteiger partial charge on any atom is -0.389 e. The molecule has 0 saturated heterocycles. The van der Waals surface area contributed by atoms with Gasteiger partial charge in [0.1, 0.15) is 10.8 Å². The molecule has 1 heterocycles. The normalized spacial score (nSPS) is 20.1. The molecule has 19 heavy (non-hydrogen) atoms. The van der Waals surface area contributed by atoms with Crippen LogP contribution in [-0.4, -0.2) is 16.5 Å². The number of nitrogens with two attached hydrogens (primary N) is 1. The highest BCUT2D eigenvalue weighted by Gasteiger charge is 2.64. The lowest BCUT2D eigenvalue weighted by Crippen LogP contribution is -2.13. The number of nitrogens with one attached hydrogen (secondary N) is 1. The number of nitrogens with zero attached hydrogens (tertiary/aromatic N) is 1. The van der Waals surface area contributed by atoms with Crippen LogP contribution in [0.2, 0.25) is 0 Å². The third kappa shape index (κ3) is 2.46. The quantitative estimate of drug-likeness (QED) is 0.830. The topological polar surface area (TPSA) is 50.9 Å². The third-order valence-electron chi connectivity index (χ3n) is 5.04. The Morgan fingerprint density at radius 3 is 2.37 bits per heavy atom. The molecule has 0 bridgehead atoms. The largest absolute Gasteiger partial charge is 0.389 e. The molecule has 3 N–H and O–H groups in total. The monoisotopic (exact) mass is 277 g/mol. The number of pyridine rings is 1. The van der Waals surface area contributed by atoms with Crippen molar-refractivity contribution in [2.24, 2.45) is 22.5 Å². The average molecular weight is 277 g/mol. The SMILES string of the molecule is Cc1cc(C(N)=S)cc(NCC2C(C)(C)C2(C)C)n1. The Morgan fingerprint density at radius 2 is 1.89 bits per heavy atom. The van der Waals surface area contributed by atoms with E-state index in [1.165, 1.54) is 0 Å². The van der Waals surface area contributed by atoms with Crippen LogP contribution in [0.5, 0.6) is 0 Å². The minimum absolute atomic E-state index is 0.385. The maximum Gasteiger partial charge on any atom is 0.126 e. The van der Waals surface area contributed by atoms with Gasteiger partial charge in [-0.15, -0.1) is 0 Å². The molecule has 2 rings (SSSR count). The number of hydrogen-bond acceptors (Lipinski definition) is 3. The Labute approximate surface area is 121 Å². The van der Waals surface area contributed by atoms with Gasteiger partial charge in [-0.1, -0.05) is 39.9 Å². The van der Waals surface area contributed by atoms with Gasteiger partial charge in [0.05, 0.1) is 0 Å². The van der Waals surface area contributed by atoms with Crippen molar-refractivity contribution in [1.29, 1.82) is 0 Å². The van der Waals surface area contributed by atoms with E-state index in [1.54, 1.807) is 0 Å². The number of aryl methyl sites for hydroxylation is 1. The van der Waals surface area contributed by atoms with Crippen LogP contribution in [0.25, 0.3) is 0 Å². The molecular weight excluding hydrogens is 254 g/mol. The molecule has 1 aliphatic rings. The fraction of sp³-hybridized carbons (Fsp3) is 0.600. The van der Waals surface area contributed by atoms with E-state index < -0.39 is 0 Å². The summed E-state index contributed by atoms with van der Waals surface area (Å²) in [4.78, 5) is 4.90. The first-order valence-electron chi connectivity index (χ1n) is 6.68. The van der Waals surface area contributed by atoms with Crippen molar-refractivity contribution in [2.75, 3.05) is 11.9 Å². The zero-order chi connectivity index (χ0) is 14.4. The van der Waals surface area contributed by atoms with E-state index in [0.717, 1.165) is 23.6 Å². The first kappa shape index (κ1) is 14.3. The van der Waals surface area contributed by atoms with Gasteiger partial charge in [-0.05, 0) is 35.8 Å². The highest BCUT2D eigenvalue weighted by atomic mass is 32.1. The second kappa shape index (κ2) is 4.44. The second-order valence-electron chi connectivity index (χ2n) is 6.62. The summed E-state index contributed by atoms with van der Waals surface area (Å²) >= 11 is 5.02. The molecule has 0 atom stereocenters. The van der Waals surface area contributed by atoms with Crippen LogP contribution >= 0.6 is 12.2 Å². The Kier molecular flexibility index (Phi) is 3.33. The van der Waals surface area contributed by atoms with E-state index >= 15 is 0 Å². The van der Waals surface area contributed by atoms with Gasteiger partial charge < -0.3 is 11.1 Å². The van der Waals surface area contributed by atoms with E-state index in [0.29, 0.717) is 21.7 Å². The van der Waals surface area contributed by atoms with Gasteiger partial charge in [-0.2, -0.15) is 0 Å². The Bertz CT molecular complexity index is 506. The van der Waals surface area contributed by atoms with Crippen LogP contribution in [0, 0.1) is 23.7 Å². The predicted molar refractivity (Wildman–Crippen MR) is 84.4 cm³/mol. The first-order chi connectivity index (χ1) is 8.66. The van der Waals surface area contributed by atoms with Crippen LogP contribution in [0.4, 0.5) is 5.82 Å². The van der Waals surface area contributed by atoms with Crippen LogP contribution in [0.15, 0.2) is 12.1 Å². The van der Waals surface area contributed by atoms with Crippen LogP contribution in [-0.2, 0) is 0 Å². The molecule has 1 aromatic rings. The molecule has 4 heteroatoms. The summed E-state index contributed by atoms with van der Waals surface area (Å²) in [5, 5.41) is 3.43. The lowest BCUT2D eigenvalue weighted by Gasteiger charge is -2.09. The molecule has 0 radical (unpaired) electrons. The van der Waals surface area contributed by atoms with Crippen LogP contribution in [0.3, 0.4) is 0 Å². The molecule has 3 nitrogen and oxygen atoms in total. The van der Waals surface area contributed by atoms with E-state index in [9.17, 15) is 0 Å². The zero-order valence-corrected chi connectivity index (χ0v) is 13.2. The molecule has 0 aromatic carbocycles. The molecule has 0 unspecified atom stereocenters. The lowest BCUT2D eigenvalue weighted by atomic mass is 10.0. The van der Waals surface area contributed by atoms with Crippen molar-refractivity contribution in [3.8, 4) is 0 Å². The third-order valence-corrected chi connectivity index (χ3v) is 5.28. The number of rotatable bonds is 4. The summed E-state index contributed by atoms with van der Waals surface area (Å²) in [5.41, 5.74) is 8.26. The van der Waals surface area contributed by atoms with Crippen molar-refractivity contribution >= 4 is 23.0 Å². The Morgan fingerprint density at radius 1 is 1.32 bits per heavy atom. The predicted octanol–water partition coefficient (Wildman–Crippen LogP) is 3.12. The van der Waals surface area contributed by atoms with Crippen molar-refractivity contribution in [1.82, 2.24) is 4.98 Å². The number of anilines is 1. The van der Waals surface area contributed by atoms with Gasteiger partial charge in [-0.3, -0.25) is 0 Å². The molecule has 1 aliphatic carbocycles. The van der Waals surface area contributed by atoms with Crippen molar-refractivity contribution in [2.45, 2.75) is 34.6 Å². The van der Waals surface area contributed by atoms with Gasteiger partial charge in [0.15, 0.2) is 0 Å². The van der Waals surface area contributed by atoms with Crippen molar-refractivity contribution in [3.05, 3.63) is 23.4 Å². The number of thiocarbonyl (C=S) groups is 1. The fourth-order valence-corrected chi connectivity index (χ4v) is 3.07. The molecule has 1 aromatic heterocycles. The van der Waals surface area contributed by atoms with E-state index in [-0.39, 0.29) is 0 Å². The smallest absolute Gasteiger partial charge is 0.126 e. The van der Waals surface area contributed by atoms with Gasteiger partial charge in [-0.25, -0.2) is 4.98 Å². The summed E-state index contributed by atoms with van der Waals surface area (Å²) in [5.74, 6) is 1.52. The molecule has 1 saturated carbocycles. The van der Waals surface area contributed by atoms with E-state index in [1.807, 2.05) is 19.1 Å². The zero-order valence-electron chi connectivity index (χ0n) is 12.4. The van der Waals surface area contributed by atoms with E-state index in [2.05, 4.69) is 38.0 Å². The summed E-state index contributed by atoms with van der Waals surface area (Å²) < 4.78 is 0. The summed E-state index contributed by atoms with van der Waals surface area (Å²) in [6.45, 7) is 12.2. The minimum atomic E-state index is 0.385. The van der Waals surface area contributed by atoms with Crippen LogP contribution in [0.1, 0.15) is 39.0 Å². The molecule has 0 amide bonds. The van der Waals surface area contributed by atoms with Gasteiger partial charge in [0.25, 0.3) is 0 Å². The first-order valence-corrected chi connectivity index (χ1v) is 7.09. The van der Waals surface area contributed by atoms with Crippen LogP contribution < -0.4 is 11.1 Å². The highest BCUT2D eigenvalue weighted by molar-refractivity contribution is 7.80. The Balaban J connectivity index is 2.07. The summed E-state index contributed by atoms with van der Waals surface area (Å²) in [6, 6.07) is 3.84. The van der Waals surface area contributed by atoms with E-state index in [4.69, 9.17) is 18.0 Å². The van der Waals surface area contributed by atoms with Gasteiger partial charge in [0.2, 0.25) is 0 Å². The average Bonchev–Trinajstić information content (AvgIpc) is 2.66. The lowest BCUT2D eigenvalue weighted by molar-refractivity contribution is 0.457. The molecule has 0 spiro atoms. The maximum absolute atomic E-state index is 5.68. The molecule has 1 fully saturated rings. The van der Waals surface area contributed by atoms with Crippen molar-refractivity contribution in [3.63, 3.8) is 0 Å². The highest BCUT2D eigenvalue weighted by Crippen LogP contribution is 2.68. The van der Waals surface area contributed by atoms with Crippen molar-refractivity contribution < 1.29 is 0 Å². The fourth-order valence-electron chi connectivity index (χ4n) is 2.95. The molecular formula is C15H23N3S. The number of hydrogen-bond donors (Lipinski definition) is 2. The maximum atomic E-state index is 5.68.